The predicted molar refractivity (Wildman–Crippen MR) is 49.3 cm³/mol. The molecule has 0 atom stereocenters. The zero-order chi connectivity index (χ0) is 9.14. The van der Waals surface area contributed by atoms with Gasteiger partial charge in [0.15, 0.2) is 0 Å². The zero-order valence-electron chi connectivity index (χ0n) is 7.35. The fourth-order valence-corrected chi connectivity index (χ4v) is 1.16. The molecule has 0 aliphatic rings. The summed E-state index contributed by atoms with van der Waals surface area (Å²) in [5.74, 6) is 1.40. The van der Waals surface area contributed by atoms with Gasteiger partial charge in [-0.15, -0.1) is 0 Å². The second-order valence-corrected chi connectivity index (χ2v) is 2.84. The number of halogens is 1. The predicted octanol–water partition coefficient (Wildman–Crippen LogP) is 2.67. The smallest absolute Gasteiger partial charge is 0.141 e. The van der Waals surface area contributed by atoms with Gasteiger partial charge in [-0.25, -0.2) is 0 Å². The van der Waals surface area contributed by atoms with E-state index >= 15 is 0 Å². The first-order valence-corrected chi connectivity index (χ1v) is 3.95. The van der Waals surface area contributed by atoms with Crippen molar-refractivity contribution < 1.29 is 9.47 Å². The monoisotopic (exact) mass is 186 g/mol. The molecule has 0 N–H and O–H groups in total. The number of ether oxygens (including phenoxy) is 2. The molecule has 66 valence electrons. The molecule has 3 heteroatoms. The molecule has 1 rings (SSSR count). The van der Waals surface area contributed by atoms with Gasteiger partial charge < -0.3 is 9.47 Å². The highest BCUT2D eigenvalue weighted by molar-refractivity contribution is 6.32. The largest absolute Gasteiger partial charge is 0.497 e. The highest BCUT2D eigenvalue weighted by Gasteiger charge is 2.05. The lowest BCUT2D eigenvalue weighted by Gasteiger charge is -2.08. The molecular formula is C9H11ClO2. The molecule has 0 bridgehead atoms. The van der Waals surface area contributed by atoms with Gasteiger partial charge in [0.05, 0.1) is 19.2 Å². The molecule has 0 aromatic heterocycles. The molecule has 0 aliphatic carbocycles. The summed E-state index contributed by atoms with van der Waals surface area (Å²) < 4.78 is 10.1. The Hall–Kier alpha value is -0.890. The summed E-state index contributed by atoms with van der Waals surface area (Å²) >= 11 is 5.94. The maximum absolute atomic E-state index is 5.94. The molecule has 0 amide bonds. The van der Waals surface area contributed by atoms with E-state index in [0.29, 0.717) is 10.8 Å². The maximum atomic E-state index is 5.94. The van der Waals surface area contributed by atoms with Crippen LogP contribution in [0.25, 0.3) is 0 Å². The van der Waals surface area contributed by atoms with Gasteiger partial charge in [0.2, 0.25) is 0 Å². The Kier molecular flexibility index (Phi) is 2.82. The lowest BCUT2D eigenvalue weighted by Crippen LogP contribution is -1.89. The first-order chi connectivity index (χ1) is 5.69. The summed E-state index contributed by atoms with van der Waals surface area (Å²) in [6.45, 7) is 1.91. The van der Waals surface area contributed by atoms with Crippen molar-refractivity contribution in [2.24, 2.45) is 0 Å². The summed E-state index contributed by atoms with van der Waals surface area (Å²) in [6, 6.07) is 3.63. The highest BCUT2D eigenvalue weighted by Crippen LogP contribution is 2.32. The third kappa shape index (κ3) is 1.64. The van der Waals surface area contributed by atoms with Crippen LogP contribution < -0.4 is 9.47 Å². The Labute approximate surface area is 77.1 Å². The zero-order valence-corrected chi connectivity index (χ0v) is 8.11. The van der Waals surface area contributed by atoms with Crippen LogP contribution in [-0.2, 0) is 0 Å². The van der Waals surface area contributed by atoms with E-state index in [2.05, 4.69) is 0 Å². The molecule has 0 spiro atoms. The summed E-state index contributed by atoms with van der Waals surface area (Å²) in [7, 11) is 3.20. The number of aryl methyl sites for hydroxylation is 1. The Bertz CT molecular complexity index is 284. The SMILES string of the molecule is COc1cc(C)c(Cl)c(OC)c1. The van der Waals surface area contributed by atoms with E-state index in [1.807, 2.05) is 13.0 Å². The van der Waals surface area contributed by atoms with Gasteiger partial charge in [-0.3, -0.25) is 0 Å². The lowest BCUT2D eigenvalue weighted by atomic mass is 10.2. The van der Waals surface area contributed by atoms with Crippen LogP contribution in [0.1, 0.15) is 5.56 Å². The number of benzene rings is 1. The Morgan fingerprint density at radius 1 is 1.17 bits per heavy atom. The molecule has 0 radical (unpaired) electrons. The molecule has 1 aromatic rings. The molecule has 0 saturated carbocycles. The molecule has 0 unspecified atom stereocenters. The van der Waals surface area contributed by atoms with Crippen LogP contribution in [0.15, 0.2) is 12.1 Å². The van der Waals surface area contributed by atoms with Gasteiger partial charge >= 0.3 is 0 Å². The van der Waals surface area contributed by atoms with Gasteiger partial charge in [-0.05, 0) is 18.6 Å². The van der Waals surface area contributed by atoms with Crippen LogP contribution >= 0.6 is 11.6 Å². The highest BCUT2D eigenvalue weighted by atomic mass is 35.5. The van der Waals surface area contributed by atoms with E-state index in [9.17, 15) is 0 Å². The topological polar surface area (TPSA) is 18.5 Å². The molecular weight excluding hydrogens is 176 g/mol. The second-order valence-electron chi connectivity index (χ2n) is 2.46. The molecule has 1 aromatic carbocycles. The average molecular weight is 187 g/mol. The lowest BCUT2D eigenvalue weighted by molar-refractivity contribution is 0.394. The first kappa shape index (κ1) is 9.20. The number of hydrogen-bond donors (Lipinski definition) is 0. The summed E-state index contributed by atoms with van der Waals surface area (Å²) in [5.41, 5.74) is 0.952. The van der Waals surface area contributed by atoms with Crippen molar-refractivity contribution in [3.63, 3.8) is 0 Å². The minimum Gasteiger partial charge on any atom is -0.497 e. The van der Waals surface area contributed by atoms with Crippen molar-refractivity contribution in [2.75, 3.05) is 14.2 Å². The van der Waals surface area contributed by atoms with E-state index in [0.717, 1.165) is 11.3 Å². The molecule has 0 aliphatic heterocycles. The van der Waals surface area contributed by atoms with E-state index in [-0.39, 0.29) is 0 Å². The summed E-state index contributed by atoms with van der Waals surface area (Å²) in [5, 5.41) is 0.637. The van der Waals surface area contributed by atoms with E-state index < -0.39 is 0 Å². The fourth-order valence-electron chi connectivity index (χ4n) is 0.972. The standard InChI is InChI=1S/C9H11ClO2/c1-6-4-7(11-2)5-8(12-3)9(6)10/h4-5H,1-3H3. The first-order valence-electron chi connectivity index (χ1n) is 3.57. The third-order valence-electron chi connectivity index (χ3n) is 1.65. The van der Waals surface area contributed by atoms with Gasteiger partial charge in [0.25, 0.3) is 0 Å². The van der Waals surface area contributed by atoms with Crippen LogP contribution in [0, 0.1) is 6.92 Å². The minimum atomic E-state index is 0.637. The van der Waals surface area contributed by atoms with E-state index in [4.69, 9.17) is 21.1 Å². The normalized spacial score (nSPS) is 9.67. The molecule has 0 saturated heterocycles. The quantitative estimate of drug-likeness (QED) is 0.707. The second kappa shape index (κ2) is 3.68. The molecule has 0 heterocycles. The van der Waals surface area contributed by atoms with Crippen LogP contribution in [0.5, 0.6) is 11.5 Å². The van der Waals surface area contributed by atoms with Crippen molar-refractivity contribution in [3.05, 3.63) is 22.7 Å². The van der Waals surface area contributed by atoms with E-state index in [1.54, 1.807) is 20.3 Å². The summed E-state index contributed by atoms with van der Waals surface area (Å²) in [4.78, 5) is 0. The summed E-state index contributed by atoms with van der Waals surface area (Å²) in [6.07, 6.45) is 0. The van der Waals surface area contributed by atoms with Crippen molar-refractivity contribution in [3.8, 4) is 11.5 Å². The van der Waals surface area contributed by atoms with Crippen molar-refractivity contribution in [2.45, 2.75) is 6.92 Å². The average Bonchev–Trinajstić information content (AvgIpc) is 2.09. The van der Waals surface area contributed by atoms with Gasteiger partial charge in [0.1, 0.15) is 11.5 Å². The van der Waals surface area contributed by atoms with Crippen LogP contribution in [-0.4, -0.2) is 14.2 Å². The number of methoxy groups -OCH3 is 2. The Morgan fingerprint density at radius 2 is 1.83 bits per heavy atom. The van der Waals surface area contributed by atoms with Crippen LogP contribution in [0.4, 0.5) is 0 Å². The molecule has 2 nitrogen and oxygen atoms in total. The van der Waals surface area contributed by atoms with Gasteiger partial charge in [-0.1, -0.05) is 11.6 Å². The van der Waals surface area contributed by atoms with Crippen LogP contribution in [0.2, 0.25) is 5.02 Å². The van der Waals surface area contributed by atoms with Crippen molar-refractivity contribution >= 4 is 11.6 Å². The van der Waals surface area contributed by atoms with Crippen molar-refractivity contribution in [1.29, 1.82) is 0 Å². The number of hydrogen-bond acceptors (Lipinski definition) is 2. The van der Waals surface area contributed by atoms with E-state index in [1.165, 1.54) is 0 Å². The van der Waals surface area contributed by atoms with Gasteiger partial charge in [-0.2, -0.15) is 0 Å². The fraction of sp³-hybridized carbons (Fsp3) is 0.333. The Morgan fingerprint density at radius 3 is 2.33 bits per heavy atom. The minimum absolute atomic E-state index is 0.637. The molecule has 0 fully saturated rings. The third-order valence-corrected chi connectivity index (χ3v) is 2.13. The van der Waals surface area contributed by atoms with Gasteiger partial charge in [0, 0.05) is 6.07 Å². The Balaban J connectivity index is 3.19. The number of rotatable bonds is 2. The van der Waals surface area contributed by atoms with Crippen LogP contribution in [0.3, 0.4) is 0 Å². The van der Waals surface area contributed by atoms with Crippen molar-refractivity contribution in [1.82, 2.24) is 0 Å². The maximum Gasteiger partial charge on any atom is 0.141 e. The molecule has 12 heavy (non-hydrogen) atoms.